The average Bonchev–Trinajstić information content (AvgIpc) is 2.98. The molecule has 1 fully saturated rings. The molecule has 1 aromatic carbocycles. The molecule has 1 unspecified atom stereocenters. The van der Waals surface area contributed by atoms with Crippen molar-refractivity contribution in [2.24, 2.45) is 0 Å². The lowest BCUT2D eigenvalue weighted by Crippen LogP contribution is -2.38. The lowest BCUT2D eigenvalue weighted by Gasteiger charge is -2.23. The molecule has 1 aliphatic rings. The summed E-state index contributed by atoms with van der Waals surface area (Å²) in [5, 5.41) is 3.29. The van der Waals surface area contributed by atoms with E-state index in [2.05, 4.69) is 5.32 Å². The molecule has 0 bridgehead atoms. The number of ether oxygens (including phenoxy) is 1. The van der Waals surface area contributed by atoms with Crippen molar-refractivity contribution >= 4 is 5.91 Å². The molecule has 1 aliphatic heterocycles. The normalized spacial score (nSPS) is 18.3. The van der Waals surface area contributed by atoms with Crippen molar-refractivity contribution in [2.45, 2.75) is 25.3 Å². The van der Waals surface area contributed by atoms with Crippen molar-refractivity contribution in [2.75, 3.05) is 27.2 Å². The molecular formula is C15H22N2O2. The van der Waals surface area contributed by atoms with Gasteiger partial charge in [0.1, 0.15) is 5.75 Å². The Labute approximate surface area is 114 Å². The average molecular weight is 262 g/mol. The summed E-state index contributed by atoms with van der Waals surface area (Å²) in [5.74, 6) is 1.06. The summed E-state index contributed by atoms with van der Waals surface area (Å²) in [6.07, 6.45) is 2.38. The Bertz CT molecular complexity index is 428. The lowest BCUT2D eigenvalue weighted by atomic mass is 10.1. The van der Waals surface area contributed by atoms with Crippen LogP contribution in [-0.4, -0.2) is 44.1 Å². The zero-order valence-corrected chi connectivity index (χ0v) is 11.7. The van der Waals surface area contributed by atoms with Crippen LogP contribution in [0.5, 0.6) is 5.75 Å². The van der Waals surface area contributed by atoms with Gasteiger partial charge in [-0.3, -0.25) is 4.79 Å². The Hall–Kier alpha value is -1.55. The highest BCUT2D eigenvalue weighted by Gasteiger charge is 2.22. The van der Waals surface area contributed by atoms with Crippen LogP contribution in [0.4, 0.5) is 0 Å². The Kier molecular flexibility index (Phi) is 4.80. The lowest BCUT2D eigenvalue weighted by molar-refractivity contribution is -0.131. The molecule has 1 aromatic rings. The maximum absolute atomic E-state index is 12.1. The molecule has 0 radical (unpaired) electrons. The van der Waals surface area contributed by atoms with E-state index in [9.17, 15) is 4.79 Å². The highest BCUT2D eigenvalue weighted by atomic mass is 16.5. The van der Waals surface area contributed by atoms with E-state index in [4.69, 9.17) is 4.74 Å². The van der Waals surface area contributed by atoms with Crippen LogP contribution in [0.15, 0.2) is 24.3 Å². The van der Waals surface area contributed by atoms with Crippen molar-refractivity contribution < 1.29 is 9.53 Å². The van der Waals surface area contributed by atoms with Gasteiger partial charge in [-0.05, 0) is 37.1 Å². The van der Waals surface area contributed by atoms with Crippen LogP contribution in [0, 0.1) is 0 Å². The smallest absolute Gasteiger partial charge is 0.222 e. The topological polar surface area (TPSA) is 41.6 Å². The molecule has 1 saturated heterocycles. The molecule has 1 amide bonds. The molecule has 4 heteroatoms. The van der Waals surface area contributed by atoms with E-state index >= 15 is 0 Å². The monoisotopic (exact) mass is 262 g/mol. The number of carbonyl (C=O) groups is 1. The number of methoxy groups -OCH3 is 1. The quantitative estimate of drug-likeness (QED) is 0.873. The van der Waals surface area contributed by atoms with E-state index in [0.717, 1.165) is 37.2 Å². The predicted octanol–water partition coefficient (Wildman–Crippen LogP) is 1.45. The molecule has 0 aliphatic carbocycles. The van der Waals surface area contributed by atoms with E-state index in [1.54, 1.807) is 7.11 Å². The van der Waals surface area contributed by atoms with Gasteiger partial charge in [0.25, 0.3) is 0 Å². The number of aryl methyl sites for hydroxylation is 1. The second-order valence-corrected chi connectivity index (χ2v) is 5.00. The van der Waals surface area contributed by atoms with E-state index in [1.165, 1.54) is 0 Å². The first-order valence-corrected chi connectivity index (χ1v) is 6.80. The molecule has 0 saturated carbocycles. The van der Waals surface area contributed by atoms with E-state index in [0.29, 0.717) is 12.5 Å². The van der Waals surface area contributed by atoms with Crippen LogP contribution in [0.3, 0.4) is 0 Å². The Morgan fingerprint density at radius 2 is 2.37 bits per heavy atom. The van der Waals surface area contributed by atoms with Crippen LogP contribution in [0.2, 0.25) is 0 Å². The molecule has 1 N–H and O–H groups in total. The van der Waals surface area contributed by atoms with Crippen LogP contribution in [0.25, 0.3) is 0 Å². The summed E-state index contributed by atoms with van der Waals surface area (Å²) in [4.78, 5) is 14.0. The summed E-state index contributed by atoms with van der Waals surface area (Å²) in [6.45, 7) is 1.93. The molecule has 0 aromatic heterocycles. The molecule has 1 heterocycles. The van der Waals surface area contributed by atoms with E-state index < -0.39 is 0 Å². The maximum atomic E-state index is 12.1. The van der Waals surface area contributed by atoms with Gasteiger partial charge in [0.05, 0.1) is 7.11 Å². The molecule has 4 nitrogen and oxygen atoms in total. The van der Waals surface area contributed by atoms with Crippen molar-refractivity contribution in [3.8, 4) is 5.75 Å². The third kappa shape index (κ3) is 3.70. The molecule has 19 heavy (non-hydrogen) atoms. The van der Waals surface area contributed by atoms with E-state index in [-0.39, 0.29) is 5.91 Å². The van der Waals surface area contributed by atoms with Gasteiger partial charge < -0.3 is 15.0 Å². The fourth-order valence-electron chi connectivity index (χ4n) is 2.43. The minimum absolute atomic E-state index is 0.219. The number of rotatable bonds is 5. The number of hydrogen-bond donors (Lipinski definition) is 1. The molecule has 1 atom stereocenters. The number of likely N-dealkylation sites (N-methyl/N-ethyl adjacent to an activating group) is 1. The van der Waals surface area contributed by atoms with Gasteiger partial charge in [-0.25, -0.2) is 0 Å². The van der Waals surface area contributed by atoms with Crippen molar-refractivity contribution in [1.29, 1.82) is 0 Å². The van der Waals surface area contributed by atoms with Crippen LogP contribution in [0.1, 0.15) is 18.4 Å². The highest BCUT2D eigenvalue weighted by Crippen LogP contribution is 2.15. The molecular weight excluding hydrogens is 240 g/mol. The minimum Gasteiger partial charge on any atom is -0.497 e. The van der Waals surface area contributed by atoms with Crippen LogP contribution in [-0.2, 0) is 11.2 Å². The Balaban J connectivity index is 1.85. The van der Waals surface area contributed by atoms with Gasteiger partial charge in [0, 0.05) is 26.1 Å². The van der Waals surface area contributed by atoms with Crippen molar-refractivity contribution in [1.82, 2.24) is 10.2 Å². The largest absolute Gasteiger partial charge is 0.497 e. The second-order valence-electron chi connectivity index (χ2n) is 5.00. The number of amides is 1. The van der Waals surface area contributed by atoms with Gasteiger partial charge in [0.15, 0.2) is 0 Å². The van der Waals surface area contributed by atoms with Crippen molar-refractivity contribution in [3.63, 3.8) is 0 Å². The van der Waals surface area contributed by atoms with Gasteiger partial charge >= 0.3 is 0 Å². The minimum atomic E-state index is 0.219. The number of hydrogen-bond acceptors (Lipinski definition) is 3. The van der Waals surface area contributed by atoms with Gasteiger partial charge in [0.2, 0.25) is 5.91 Å². The summed E-state index contributed by atoms with van der Waals surface area (Å²) >= 11 is 0. The summed E-state index contributed by atoms with van der Waals surface area (Å²) in [7, 11) is 3.57. The maximum Gasteiger partial charge on any atom is 0.222 e. The van der Waals surface area contributed by atoms with Gasteiger partial charge in [-0.1, -0.05) is 12.1 Å². The zero-order valence-electron chi connectivity index (χ0n) is 11.7. The summed E-state index contributed by atoms with van der Waals surface area (Å²) in [5.41, 5.74) is 1.14. The summed E-state index contributed by atoms with van der Waals surface area (Å²) in [6, 6.07) is 8.26. The first kappa shape index (κ1) is 13.9. The van der Waals surface area contributed by atoms with Crippen LogP contribution < -0.4 is 10.1 Å². The third-order valence-corrected chi connectivity index (χ3v) is 3.74. The predicted molar refractivity (Wildman–Crippen MR) is 75.4 cm³/mol. The fraction of sp³-hybridized carbons (Fsp3) is 0.533. The van der Waals surface area contributed by atoms with Gasteiger partial charge in [-0.2, -0.15) is 0 Å². The fourth-order valence-corrected chi connectivity index (χ4v) is 2.43. The second kappa shape index (κ2) is 6.57. The van der Waals surface area contributed by atoms with Gasteiger partial charge in [-0.15, -0.1) is 0 Å². The number of benzene rings is 1. The third-order valence-electron chi connectivity index (χ3n) is 3.74. The molecule has 2 rings (SSSR count). The van der Waals surface area contributed by atoms with E-state index in [1.807, 2.05) is 36.2 Å². The number of nitrogens with one attached hydrogen (secondary N) is 1. The standard InChI is InChI=1S/C15H22N2O2/c1-17(13-8-9-16-11-13)15(18)7-6-12-4-3-5-14(10-12)19-2/h3-5,10,13,16H,6-9,11H2,1-2H3. The van der Waals surface area contributed by atoms with Crippen LogP contribution >= 0.6 is 0 Å². The number of nitrogens with zero attached hydrogens (tertiary/aromatic N) is 1. The Morgan fingerprint density at radius 3 is 3.05 bits per heavy atom. The first-order valence-electron chi connectivity index (χ1n) is 6.80. The van der Waals surface area contributed by atoms with Crippen molar-refractivity contribution in [3.05, 3.63) is 29.8 Å². The Morgan fingerprint density at radius 1 is 1.53 bits per heavy atom. The molecule has 104 valence electrons. The summed E-state index contributed by atoms with van der Waals surface area (Å²) < 4.78 is 5.19. The molecule has 0 spiro atoms. The first-order chi connectivity index (χ1) is 9.20. The number of carbonyl (C=O) groups excluding carboxylic acids is 1. The SMILES string of the molecule is COc1cccc(CCC(=O)N(C)C2CCNC2)c1. The zero-order chi connectivity index (χ0) is 13.7. The highest BCUT2D eigenvalue weighted by molar-refractivity contribution is 5.76.